The van der Waals surface area contributed by atoms with Gasteiger partial charge in [0, 0.05) is 52.0 Å². The van der Waals surface area contributed by atoms with Crippen molar-refractivity contribution < 1.29 is 0 Å². The first-order valence-corrected chi connectivity index (χ1v) is 9.01. The van der Waals surface area contributed by atoms with Crippen LogP contribution in [0.2, 0.25) is 5.02 Å². The first-order chi connectivity index (χ1) is 12.2. The van der Waals surface area contributed by atoms with E-state index in [0.29, 0.717) is 0 Å². The molecule has 0 saturated heterocycles. The van der Waals surface area contributed by atoms with Crippen molar-refractivity contribution in [2.24, 2.45) is 0 Å². The van der Waals surface area contributed by atoms with Crippen LogP contribution in [0.15, 0.2) is 65.5 Å². The summed E-state index contributed by atoms with van der Waals surface area (Å²) >= 11 is 9.40. The molecule has 0 amide bonds. The molecule has 0 atom stereocenters. The maximum absolute atomic E-state index is 5.91. The highest BCUT2D eigenvalue weighted by atomic mass is 79.9. The minimum absolute atomic E-state index is 0.736. The summed E-state index contributed by atoms with van der Waals surface area (Å²) in [5.74, 6) is 0. The van der Waals surface area contributed by atoms with Gasteiger partial charge in [0.1, 0.15) is 5.65 Å². The van der Waals surface area contributed by atoms with Crippen molar-refractivity contribution in [1.82, 2.24) is 15.0 Å². The molecule has 0 fully saturated rings. The van der Waals surface area contributed by atoms with E-state index in [-0.39, 0.29) is 0 Å². The van der Waals surface area contributed by atoms with Gasteiger partial charge in [-0.05, 0) is 56.9 Å². The predicted molar refractivity (Wildman–Crippen MR) is 105 cm³/mol. The van der Waals surface area contributed by atoms with Gasteiger partial charge in [-0.3, -0.25) is 4.98 Å². The van der Waals surface area contributed by atoms with Gasteiger partial charge in [0.05, 0.1) is 0 Å². The number of fused-ring (bicyclic) bond motifs is 1. The fourth-order valence-corrected chi connectivity index (χ4v) is 3.21. The molecule has 1 aromatic carbocycles. The highest BCUT2D eigenvalue weighted by Crippen LogP contribution is 2.23. The van der Waals surface area contributed by atoms with Gasteiger partial charge in [-0.15, -0.1) is 0 Å². The van der Waals surface area contributed by atoms with Gasteiger partial charge in [0.25, 0.3) is 0 Å². The summed E-state index contributed by atoms with van der Waals surface area (Å²) < 4.78 is 0.979. The van der Waals surface area contributed by atoms with E-state index in [9.17, 15) is 0 Å². The van der Waals surface area contributed by atoms with E-state index < -0.39 is 0 Å². The third kappa shape index (κ3) is 3.75. The summed E-state index contributed by atoms with van der Waals surface area (Å²) in [6.45, 7) is 0. The van der Waals surface area contributed by atoms with Crippen LogP contribution >= 0.6 is 27.5 Å². The highest BCUT2D eigenvalue weighted by Gasteiger charge is 2.07. The Hall–Kier alpha value is -2.17. The molecule has 0 spiro atoms. The quantitative estimate of drug-likeness (QED) is 0.477. The lowest BCUT2D eigenvalue weighted by Crippen LogP contribution is -1.93. The molecule has 4 aromatic rings. The minimum atomic E-state index is 0.736. The lowest BCUT2D eigenvalue weighted by molar-refractivity contribution is 1.12. The topological polar surface area (TPSA) is 41.6 Å². The molecule has 0 unspecified atom stereocenters. The Bertz CT molecular complexity index is 1010. The SMILES string of the molecule is Clc1ccc([CH]c2ccc(Cc3c[nH]c4ncc(Br)cc34)cn2)cc1. The number of aromatic amines is 1. The fourth-order valence-electron chi connectivity index (χ4n) is 2.75. The number of nitrogens with zero attached hydrogens (tertiary/aromatic N) is 2. The second-order valence-electron chi connectivity index (χ2n) is 5.83. The maximum atomic E-state index is 5.91. The number of nitrogens with one attached hydrogen (secondary N) is 1. The van der Waals surface area contributed by atoms with Gasteiger partial charge < -0.3 is 4.98 Å². The Labute approximate surface area is 159 Å². The van der Waals surface area contributed by atoms with Crippen LogP contribution < -0.4 is 0 Å². The molecule has 0 saturated carbocycles. The summed E-state index contributed by atoms with van der Waals surface area (Å²) in [6, 6.07) is 14.0. The second kappa shape index (κ2) is 6.98. The van der Waals surface area contributed by atoms with E-state index >= 15 is 0 Å². The molecular weight excluding hydrogens is 398 g/mol. The lowest BCUT2D eigenvalue weighted by atomic mass is 10.1. The van der Waals surface area contributed by atoms with Crippen LogP contribution in [-0.2, 0) is 6.42 Å². The third-order valence-corrected chi connectivity index (χ3v) is 4.70. The van der Waals surface area contributed by atoms with Gasteiger partial charge in [0.15, 0.2) is 0 Å². The fraction of sp³-hybridized carbons (Fsp3) is 0.0500. The van der Waals surface area contributed by atoms with E-state index in [1.165, 1.54) is 5.56 Å². The summed E-state index contributed by atoms with van der Waals surface area (Å²) in [5, 5.41) is 1.87. The molecule has 3 heterocycles. The molecule has 0 aliphatic carbocycles. The first kappa shape index (κ1) is 16.3. The van der Waals surface area contributed by atoms with Crippen LogP contribution in [0.3, 0.4) is 0 Å². The van der Waals surface area contributed by atoms with Crippen molar-refractivity contribution in [3.05, 3.63) is 99.4 Å². The Morgan fingerprint density at radius 1 is 1.04 bits per heavy atom. The van der Waals surface area contributed by atoms with Crippen LogP contribution in [0.5, 0.6) is 0 Å². The molecule has 3 nitrogen and oxygen atoms in total. The van der Waals surface area contributed by atoms with Crippen LogP contribution in [0.1, 0.15) is 22.4 Å². The molecule has 123 valence electrons. The molecule has 3 aromatic heterocycles. The number of benzene rings is 1. The Balaban J connectivity index is 1.51. The molecule has 0 bridgehead atoms. The summed E-state index contributed by atoms with van der Waals surface area (Å²) in [6.07, 6.45) is 8.58. The Morgan fingerprint density at radius 3 is 2.64 bits per heavy atom. The van der Waals surface area contributed by atoms with Gasteiger partial charge in [0.2, 0.25) is 0 Å². The van der Waals surface area contributed by atoms with Crippen LogP contribution in [0.25, 0.3) is 11.0 Å². The first-order valence-electron chi connectivity index (χ1n) is 7.84. The van der Waals surface area contributed by atoms with E-state index in [2.05, 4.69) is 43.0 Å². The Kier molecular flexibility index (Phi) is 4.55. The number of halogens is 2. The van der Waals surface area contributed by atoms with Crippen molar-refractivity contribution in [3.8, 4) is 0 Å². The van der Waals surface area contributed by atoms with E-state index in [1.807, 2.05) is 49.1 Å². The average molecular weight is 412 g/mol. The van der Waals surface area contributed by atoms with E-state index in [0.717, 1.165) is 43.8 Å². The van der Waals surface area contributed by atoms with Crippen LogP contribution in [0.4, 0.5) is 0 Å². The zero-order valence-corrected chi connectivity index (χ0v) is 15.6. The summed E-state index contributed by atoms with van der Waals surface area (Å²) in [4.78, 5) is 12.1. The zero-order chi connectivity index (χ0) is 17.2. The zero-order valence-electron chi connectivity index (χ0n) is 13.2. The van der Waals surface area contributed by atoms with Crippen molar-refractivity contribution in [3.63, 3.8) is 0 Å². The average Bonchev–Trinajstić information content (AvgIpc) is 3.01. The number of hydrogen-bond donors (Lipinski definition) is 1. The number of hydrogen-bond acceptors (Lipinski definition) is 2. The molecular formula is C20H14BrClN3. The van der Waals surface area contributed by atoms with Crippen LogP contribution in [0, 0.1) is 6.42 Å². The molecule has 0 aliphatic heterocycles. The number of pyridine rings is 2. The molecule has 0 aliphatic rings. The van der Waals surface area contributed by atoms with Crippen molar-refractivity contribution in [2.45, 2.75) is 6.42 Å². The largest absolute Gasteiger partial charge is 0.346 e. The standard InChI is InChI=1S/C20H14BrClN3/c21-16-9-19-15(11-24-20(19)25-12-16)7-14-3-6-18(23-10-14)8-13-1-4-17(22)5-2-13/h1-6,8-12H,7H2,(H,24,25). The van der Waals surface area contributed by atoms with Gasteiger partial charge >= 0.3 is 0 Å². The number of rotatable bonds is 4. The van der Waals surface area contributed by atoms with Gasteiger partial charge in [-0.2, -0.15) is 0 Å². The molecule has 25 heavy (non-hydrogen) atoms. The van der Waals surface area contributed by atoms with Crippen molar-refractivity contribution >= 4 is 38.6 Å². The monoisotopic (exact) mass is 410 g/mol. The third-order valence-electron chi connectivity index (χ3n) is 4.01. The van der Waals surface area contributed by atoms with E-state index in [1.54, 1.807) is 6.20 Å². The normalized spacial score (nSPS) is 11.1. The molecule has 1 radical (unpaired) electrons. The highest BCUT2D eigenvalue weighted by molar-refractivity contribution is 9.10. The summed E-state index contributed by atoms with van der Waals surface area (Å²) in [7, 11) is 0. The maximum Gasteiger partial charge on any atom is 0.137 e. The molecule has 1 N–H and O–H groups in total. The minimum Gasteiger partial charge on any atom is -0.346 e. The lowest BCUT2D eigenvalue weighted by Gasteiger charge is -2.04. The van der Waals surface area contributed by atoms with E-state index in [4.69, 9.17) is 11.6 Å². The van der Waals surface area contributed by atoms with Gasteiger partial charge in [-0.25, -0.2) is 4.98 Å². The molecule has 4 rings (SSSR count). The van der Waals surface area contributed by atoms with Crippen molar-refractivity contribution in [1.29, 1.82) is 0 Å². The van der Waals surface area contributed by atoms with Gasteiger partial charge in [-0.1, -0.05) is 29.8 Å². The predicted octanol–water partition coefficient (Wildman–Crippen LogP) is 5.57. The molecule has 5 heteroatoms. The smallest absolute Gasteiger partial charge is 0.137 e. The van der Waals surface area contributed by atoms with Crippen LogP contribution in [-0.4, -0.2) is 15.0 Å². The number of aromatic nitrogens is 3. The summed E-state index contributed by atoms with van der Waals surface area (Å²) in [5.41, 5.74) is 5.28. The number of H-pyrrole nitrogens is 1. The second-order valence-corrected chi connectivity index (χ2v) is 7.18. The Morgan fingerprint density at radius 2 is 1.88 bits per heavy atom. The van der Waals surface area contributed by atoms with Crippen molar-refractivity contribution in [2.75, 3.05) is 0 Å².